The fourth-order valence-electron chi connectivity index (χ4n) is 3.80. The molecule has 0 bridgehead atoms. The maximum atomic E-state index is 14.1. The van der Waals surface area contributed by atoms with Crippen molar-refractivity contribution in [3.05, 3.63) is 76.6 Å². The van der Waals surface area contributed by atoms with Gasteiger partial charge in [-0.15, -0.1) is 11.3 Å². The van der Waals surface area contributed by atoms with E-state index in [4.69, 9.17) is 4.42 Å². The third-order valence-corrected chi connectivity index (χ3v) is 6.36. The quantitative estimate of drug-likeness (QED) is 0.535. The van der Waals surface area contributed by atoms with Crippen LogP contribution in [0.3, 0.4) is 0 Å². The Morgan fingerprint density at radius 2 is 1.78 bits per heavy atom. The van der Waals surface area contributed by atoms with E-state index in [1.54, 1.807) is 24.5 Å². The normalized spacial score (nSPS) is 15.3. The zero-order chi connectivity index (χ0) is 22.3. The first-order chi connectivity index (χ1) is 15.6. The molecule has 4 rings (SSSR count). The van der Waals surface area contributed by atoms with Crippen molar-refractivity contribution in [3.63, 3.8) is 0 Å². The molecule has 0 radical (unpaired) electrons. The van der Waals surface area contributed by atoms with Crippen molar-refractivity contribution in [3.8, 4) is 0 Å². The highest BCUT2D eigenvalue weighted by Gasteiger charge is 2.28. The molecule has 1 aliphatic rings. The van der Waals surface area contributed by atoms with E-state index in [9.17, 15) is 14.0 Å². The minimum Gasteiger partial charge on any atom is -0.468 e. The summed E-state index contributed by atoms with van der Waals surface area (Å²) in [6.07, 6.45) is 1.59. The molecule has 3 heterocycles. The number of nitrogens with zero attached hydrogens (tertiary/aromatic N) is 2. The zero-order valence-electron chi connectivity index (χ0n) is 17.5. The number of rotatable bonds is 7. The predicted octanol–water partition coefficient (Wildman–Crippen LogP) is 2.78. The zero-order valence-corrected chi connectivity index (χ0v) is 18.3. The molecule has 7 nitrogen and oxygen atoms in total. The molecule has 1 aromatic carbocycles. The Labute approximate surface area is 189 Å². The molecule has 32 heavy (non-hydrogen) atoms. The summed E-state index contributed by atoms with van der Waals surface area (Å²) < 4.78 is 19.7. The summed E-state index contributed by atoms with van der Waals surface area (Å²) in [4.78, 5) is 29.6. The lowest BCUT2D eigenvalue weighted by Crippen LogP contribution is -2.51. The number of halogens is 1. The van der Waals surface area contributed by atoms with Gasteiger partial charge in [-0.3, -0.25) is 14.5 Å². The molecule has 1 aliphatic heterocycles. The second kappa shape index (κ2) is 10.4. The highest BCUT2D eigenvalue weighted by Crippen LogP contribution is 2.25. The monoisotopic (exact) mass is 456 g/mol. The number of nitrogens with one attached hydrogen (secondary N) is 2. The van der Waals surface area contributed by atoms with Crippen LogP contribution in [-0.2, 0) is 16.1 Å². The Morgan fingerprint density at radius 1 is 1.00 bits per heavy atom. The average Bonchev–Trinajstić information content (AvgIpc) is 3.53. The minimum absolute atomic E-state index is 0.221. The molecule has 1 saturated heterocycles. The number of carbonyl (C=O) groups is 2. The summed E-state index contributed by atoms with van der Waals surface area (Å²) in [6, 6.07) is 14.0. The van der Waals surface area contributed by atoms with Crippen molar-refractivity contribution < 1.29 is 18.4 Å². The fraction of sp³-hybridized carbons (Fsp3) is 0.304. The number of piperazine rings is 1. The molecule has 2 N–H and O–H groups in total. The summed E-state index contributed by atoms with van der Waals surface area (Å²) in [5.41, 5.74) is 0.595. The van der Waals surface area contributed by atoms with Gasteiger partial charge in [-0.25, -0.2) is 4.39 Å². The van der Waals surface area contributed by atoms with Gasteiger partial charge in [0.05, 0.1) is 24.5 Å². The van der Waals surface area contributed by atoms with Gasteiger partial charge in [-0.2, -0.15) is 0 Å². The van der Waals surface area contributed by atoms with Gasteiger partial charge in [-0.1, -0.05) is 18.2 Å². The maximum Gasteiger partial charge on any atom is 0.309 e. The SMILES string of the molecule is O=C(NCc1cccs1)C(=O)NC[C@@H](c1ccco1)N1CCN(c2ccccc2F)CC1. The molecule has 2 aromatic heterocycles. The van der Waals surface area contributed by atoms with Crippen LogP contribution in [0.4, 0.5) is 10.1 Å². The largest absolute Gasteiger partial charge is 0.468 e. The van der Waals surface area contributed by atoms with Crippen LogP contribution in [0.1, 0.15) is 16.7 Å². The number of hydrogen-bond donors (Lipinski definition) is 2. The van der Waals surface area contributed by atoms with Gasteiger partial charge >= 0.3 is 11.8 Å². The molecule has 0 unspecified atom stereocenters. The number of hydrogen-bond acceptors (Lipinski definition) is 6. The molecule has 0 saturated carbocycles. The van der Waals surface area contributed by atoms with E-state index in [1.165, 1.54) is 17.4 Å². The van der Waals surface area contributed by atoms with Crippen LogP contribution in [0.5, 0.6) is 0 Å². The molecule has 0 aliphatic carbocycles. The van der Waals surface area contributed by atoms with E-state index in [0.29, 0.717) is 44.2 Å². The number of furan rings is 1. The number of carbonyl (C=O) groups excluding carboxylic acids is 2. The molecule has 3 aromatic rings. The third kappa shape index (κ3) is 5.35. The van der Waals surface area contributed by atoms with Gasteiger partial charge in [0.25, 0.3) is 0 Å². The smallest absolute Gasteiger partial charge is 0.309 e. The van der Waals surface area contributed by atoms with E-state index < -0.39 is 11.8 Å². The summed E-state index contributed by atoms with van der Waals surface area (Å²) in [7, 11) is 0. The van der Waals surface area contributed by atoms with Crippen LogP contribution in [0, 0.1) is 5.82 Å². The van der Waals surface area contributed by atoms with Crippen LogP contribution in [0.25, 0.3) is 0 Å². The first-order valence-electron chi connectivity index (χ1n) is 10.5. The van der Waals surface area contributed by atoms with Crippen molar-refractivity contribution in [2.45, 2.75) is 12.6 Å². The highest BCUT2D eigenvalue weighted by atomic mass is 32.1. The fourth-order valence-corrected chi connectivity index (χ4v) is 4.45. The van der Waals surface area contributed by atoms with Crippen molar-refractivity contribution in [1.29, 1.82) is 0 Å². The predicted molar refractivity (Wildman–Crippen MR) is 121 cm³/mol. The number of anilines is 1. The van der Waals surface area contributed by atoms with E-state index in [2.05, 4.69) is 15.5 Å². The Bertz CT molecular complexity index is 1020. The molecular formula is C23H25FN4O3S. The Morgan fingerprint density at radius 3 is 2.47 bits per heavy atom. The van der Waals surface area contributed by atoms with E-state index >= 15 is 0 Å². The van der Waals surface area contributed by atoms with Gasteiger partial charge in [-0.05, 0) is 35.7 Å². The van der Waals surface area contributed by atoms with E-state index in [0.717, 1.165) is 4.88 Å². The lowest BCUT2D eigenvalue weighted by molar-refractivity contribution is -0.139. The second-order valence-corrected chi connectivity index (χ2v) is 8.51. The Balaban J connectivity index is 1.33. The lowest BCUT2D eigenvalue weighted by atomic mass is 10.1. The molecule has 2 amide bonds. The summed E-state index contributed by atoms with van der Waals surface area (Å²) in [5, 5.41) is 7.28. The molecule has 1 fully saturated rings. The number of amides is 2. The van der Waals surface area contributed by atoms with Crippen molar-refractivity contribution in [2.24, 2.45) is 0 Å². The lowest BCUT2D eigenvalue weighted by Gasteiger charge is -2.39. The number of thiophene rings is 1. The Kier molecular flexibility index (Phi) is 7.18. The van der Waals surface area contributed by atoms with Crippen LogP contribution in [-0.4, -0.2) is 49.4 Å². The van der Waals surface area contributed by atoms with E-state index in [1.807, 2.05) is 34.5 Å². The summed E-state index contributed by atoms with van der Waals surface area (Å²) in [5.74, 6) is -0.864. The summed E-state index contributed by atoms with van der Waals surface area (Å²) >= 11 is 1.52. The maximum absolute atomic E-state index is 14.1. The van der Waals surface area contributed by atoms with Gasteiger partial charge < -0.3 is 20.0 Å². The summed E-state index contributed by atoms with van der Waals surface area (Å²) in [6.45, 7) is 3.18. The standard InChI is InChI=1S/C23H25FN4O3S/c24-18-6-1-2-7-19(18)27-9-11-28(12-10-27)20(21-8-3-13-31-21)16-26-23(30)22(29)25-15-17-5-4-14-32-17/h1-8,13-14,20H,9-12,15-16H2,(H,25,29)(H,26,30)/t20-/m0/s1. The molecule has 168 valence electrons. The van der Waals surface area contributed by atoms with Crippen LogP contribution in [0.15, 0.2) is 64.6 Å². The molecular weight excluding hydrogens is 431 g/mol. The van der Waals surface area contributed by atoms with Crippen molar-refractivity contribution in [1.82, 2.24) is 15.5 Å². The first kappa shape index (κ1) is 22.0. The van der Waals surface area contributed by atoms with Crippen LogP contribution >= 0.6 is 11.3 Å². The van der Waals surface area contributed by atoms with Crippen LogP contribution < -0.4 is 15.5 Å². The topological polar surface area (TPSA) is 77.8 Å². The molecule has 1 atom stereocenters. The van der Waals surface area contributed by atoms with Gasteiger partial charge in [0.1, 0.15) is 11.6 Å². The highest BCUT2D eigenvalue weighted by molar-refractivity contribution is 7.09. The molecule has 9 heteroatoms. The van der Waals surface area contributed by atoms with Crippen molar-refractivity contribution in [2.75, 3.05) is 37.6 Å². The Hall–Kier alpha value is -3.17. The average molecular weight is 457 g/mol. The molecule has 0 spiro atoms. The van der Waals surface area contributed by atoms with Crippen LogP contribution in [0.2, 0.25) is 0 Å². The first-order valence-corrected chi connectivity index (χ1v) is 11.3. The number of benzene rings is 1. The third-order valence-electron chi connectivity index (χ3n) is 5.49. The minimum atomic E-state index is -0.678. The second-order valence-electron chi connectivity index (χ2n) is 7.48. The number of para-hydroxylation sites is 1. The van der Waals surface area contributed by atoms with Crippen molar-refractivity contribution >= 4 is 28.8 Å². The van der Waals surface area contributed by atoms with Gasteiger partial charge in [0, 0.05) is 37.6 Å². The van der Waals surface area contributed by atoms with Gasteiger partial charge in [0.2, 0.25) is 0 Å². The van der Waals surface area contributed by atoms with E-state index in [-0.39, 0.29) is 18.4 Å². The van der Waals surface area contributed by atoms with Gasteiger partial charge in [0.15, 0.2) is 0 Å².